The summed E-state index contributed by atoms with van der Waals surface area (Å²) in [4.78, 5) is 24.2. The maximum atomic E-state index is 12.0. The highest BCUT2D eigenvalue weighted by atomic mass is 32.1. The van der Waals surface area contributed by atoms with Gasteiger partial charge in [-0.3, -0.25) is 4.79 Å². The van der Waals surface area contributed by atoms with Crippen LogP contribution in [0.15, 0.2) is 35.7 Å². The molecule has 1 heterocycles. The van der Waals surface area contributed by atoms with E-state index in [0.29, 0.717) is 16.4 Å². The zero-order valence-electron chi connectivity index (χ0n) is 13.7. The number of thiophene rings is 1. The van der Waals surface area contributed by atoms with Gasteiger partial charge in [-0.15, -0.1) is 11.3 Å². The van der Waals surface area contributed by atoms with Gasteiger partial charge in [-0.25, -0.2) is 4.79 Å². The Hall–Kier alpha value is -2.54. The van der Waals surface area contributed by atoms with Gasteiger partial charge in [0.2, 0.25) is 0 Å². The van der Waals surface area contributed by atoms with Crippen LogP contribution >= 0.6 is 11.3 Å². The van der Waals surface area contributed by atoms with Gasteiger partial charge < -0.3 is 19.5 Å². The van der Waals surface area contributed by atoms with Crippen molar-refractivity contribution < 1.29 is 23.8 Å². The maximum Gasteiger partial charge on any atom is 0.348 e. The molecule has 0 aliphatic carbocycles. The number of hydrogen-bond donors (Lipinski definition) is 1. The van der Waals surface area contributed by atoms with Crippen molar-refractivity contribution in [2.75, 3.05) is 20.8 Å². The molecule has 2 rings (SSSR count). The Morgan fingerprint density at radius 2 is 2.00 bits per heavy atom. The molecule has 0 saturated carbocycles. The molecule has 2 aromatic rings. The molecule has 1 amide bonds. The molecule has 1 atom stereocenters. The van der Waals surface area contributed by atoms with Crippen LogP contribution in [0, 0.1) is 0 Å². The normalized spacial score (nSPS) is 11.5. The predicted molar refractivity (Wildman–Crippen MR) is 90.7 cm³/mol. The van der Waals surface area contributed by atoms with Gasteiger partial charge in [0, 0.05) is 5.56 Å². The van der Waals surface area contributed by atoms with Crippen molar-refractivity contribution in [1.29, 1.82) is 0 Å². The topological polar surface area (TPSA) is 73.9 Å². The number of rotatable bonds is 7. The van der Waals surface area contributed by atoms with Crippen molar-refractivity contribution in [2.24, 2.45) is 0 Å². The predicted octanol–water partition coefficient (Wildman–Crippen LogP) is 2.80. The fourth-order valence-corrected chi connectivity index (χ4v) is 2.75. The molecule has 1 N–H and O–H groups in total. The molecule has 128 valence electrons. The van der Waals surface area contributed by atoms with Crippen LogP contribution in [0.25, 0.3) is 0 Å². The van der Waals surface area contributed by atoms with E-state index in [0.717, 1.165) is 5.56 Å². The summed E-state index contributed by atoms with van der Waals surface area (Å²) in [6, 6.07) is 8.41. The third kappa shape index (κ3) is 4.48. The zero-order chi connectivity index (χ0) is 17.5. The smallest absolute Gasteiger partial charge is 0.348 e. The van der Waals surface area contributed by atoms with E-state index >= 15 is 0 Å². The van der Waals surface area contributed by atoms with Gasteiger partial charge in [0.1, 0.15) is 16.4 Å². The third-order valence-electron chi connectivity index (χ3n) is 3.34. The van der Waals surface area contributed by atoms with Crippen LogP contribution in [0.1, 0.15) is 28.2 Å². The number of methoxy groups -OCH3 is 2. The van der Waals surface area contributed by atoms with Crippen LogP contribution in [0.4, 0.5) is 0 Å². The van der Waals surface area contributed by atoms with Gasteiger partial charge in [-0.1, -0.05) is 6.07 Å². The molecule has 0 bridgehead atoms. The first-order chi connectivity index (χ1) is 11.5. The lowest BCUT2D eigenvalue weighted by Gasteiger charge is -2.18. The van der Waals surface area contributed by atoms with Gasteiger partial charge in [0.15, 0.2) is 6.61 Å². The van der Waals surface area contributed by atoms with Gasteiger partial charge in [-0.05, 0) is 36.6 Å². The Bertz CT molecular complexity index is 699. The second-order valence-corrected chi connectivity index (χ2v) is 5.90. The Kier molecular flexibility index (Phi) is 6.20. The largest absolute Gasteiger partial charge is 0.497 e. The van der Waals surface area contributed by atoms with Crippen LogP contribution in [0.5, 0.6) is 11.5 Å². The quantitative estimate of drug-likeness (QED) is 0.778. The minimum Gasteiger partial charge on any atom is -0.497 e. The summed E-state index contributed by atoms with van der Waals surface area (Å²) in [5.74, 6) is 0.402. The van der Waals surface area contributed by atoms with E-state index in [4.69, 9.17) is 14.2 Å². The van der Waals surface area contributed by atoms with E-state index < -0.39 is 11.9 Å². The molecule has 0 radical (unpaired) electrons. The number of esters is 1. The first-order valence-corrected chi connectivity index (χ1v) is 8.15. The summed E-state index contributed by atoms with van der Waals surface area (Å²) in [6.07, 6.45) is 0. The number of ether oxygens (including phenoxy) is 3. The number of benzene rings is 1. The fraction of sp³-hybridized carbons (Fsp3) is 0.294. The van der Waals surface area contributed by atoms with Crippen LogP contribution in [-0.2, 0) is 9.53 Å². The third-order valence-corrected chi connectivity index (χ3v) is 4.19. The number of nitrogens with one attached hydrogen (secondary N) is 1. The zero-order valence-corrected chi connectivity index (χ0v) is 14.5. The van der Waals surface area contributed by atoms with Crippen molar-refractivity contribution >= 4 is 23.2 Å². The molecule has 6 nitrogen and oxygen atoms in total. The Morgan fingerprint density at radius 1 is 1.21 bits per heavy atom. The number of carbonyl (C=O) groups is 2. The Labute approximate surface area is 144 Å². The molecule has 0 saturated heterocycles. The molecule has 0 aliphatic rings. The van der Waals surface area contributed by atoms with E-state index in [1.807, 2.05) is 6.92 Å². The van der Waals surface area contributed by atoms with E-state index in [9.17, 15) is 9.59 Å². The van der Waals surface area contributed by atoms with Crippen LogP contribution in [0.2, 0.25) is 0 Å². The maximum absolute atomic E-state index is 12.0. The van der Waals surface area contributed by atoms with Gasteiger partial charge in [-0.2, -0.15) is 0 Å². The molecule has 0 spiro atoms. The Balaban J connectivity index is 1.95. The molecule has 7 heteroatoms. The van der Waals surface area contributed by atoms with Crippen molar-refractivity contribution in [3.05, 3.63) is 46.2 Å². The van der Waals surface area contributed by atoms with E-state index in [-0.39, 0.29) is 12.6 Å². The summed E-state index contributed by atoms with van der Waals surface area (Å²) in [5, 5.41) is 4.55. The number of carbonyl (C=O) groups excluding carboxylic acids is 2. The van der Waals surface area contributed by atoms with E-state index in [2.05, 4.69) is 5.32 Å². The molecule has 0 unspecified atom stereocenters. The second kappa shape index (κ2) is 8.35. The number of hydrogen-bond acceptors (Lipinski definition) is 6. The minimum atomic E-state index is -0.508. The SMILES string of the molecule is COc1ccc(OC)c([C@@H](C)NC(=O)COC(=O)c2cccs2)c1. The molecule has 24 heavy (non-hydrogen) atoms. The molecule has 1 aromatic carbocycles. The Morgan fingerprint density at radius 3 is 2.62 bits per heavy atom. The van der Waals surface area contributed by atoms with Crippen LogP contribution in [0.3, 0.4) is 0 Å². The van der Waals surface area contributed by atoms with Crippen molar-refractivity contribution in [3.8, 4) is 11.5 Å². The second-order valence-electron chi connectivity index (χ2n) is 4.95. The molecule has 0 aliphatic heterocycles. The van der Waals surface area contributed by atoms with Crippen molar-refractivity contribution in [3.63, 3.8) is 0 Å². The first kappa shape index (κ1) is 17.8. The van der Waals surface area contributed by atoms with Crippen LogP contribution < -0.4 is 14.8 Å². The average molecular weight is 349 g/mol. The lowest BCUT2D eigenvalue weighted by atomic mass is 10.1. The molecular weight excluding hydrogens is 330 g/mol. The fourth-order valence-electron chi connectivity index (χ4n) is 2.14. The van der Waals surface area contributed by atoms with Gasteiger partial charge >= 0.3 is 5.97 Å². The van der Waals surface area contributed by atoms with Gasteiger partial charge in [0.05, 0.1) is 20.3 Å². The van der Waals surface area contributed by atoms with Crippen molar-refractivity contribution in [2.45, 2.75) is 13.0 Å². The van der Waals surface area contributed by atoms with Crippen molar-refractivity contribution in [1.82, 2.24) is 5.32 Å². The molecular formula is C17H19NO5S. The van der Waals surface area contributed by atoms with E-state index in [1.165, 1.54) is 11.3 Å². The van der Waals surface area contributed by atoms with Gasteiger partial charge in [0.25, 0.3) is 5.91 Å². The highest BCUT2D eigenvalue weighted by Crippen LogP contribution is 2.29. The lowest BCUT2D eigenvalue weighted by molar-refractivity contribution is -0.124. The highest BCUT2D eigenvalue weighted by Gasteiger charge is 2.17. The summed E-state index contributed by atoms with van der Waals surface area (Å²) in [6.45, 7) is 1.48. The first-order valence-electron chi connectivity index (χ1n) is 7.27. The summed E-state index contributed by atoms with van der Waals surface area (Å²) >= 11 is 1.27. The monoisotopic (exact) mass is 349 g/mol. The lowest BCUT2D eigenvalue weighted by Crippen LogP contribution is -2.31. The molecule has 0 fully saturated rings. The van der Waals surface area contributed by atoms with E-state index in [1.54, 1.807) is 49.9 Å². The summed E-state index contributed by atoms with van der Waals surface area (Å²) in [7, 11) is 3.13. The molecule has 1 aromatic heterocycles. The standard InChI is InChI=1S/C17H19NO5S/c1-11(13-9-12(21-2)6-7-14(13)22-3)18-16(19)10-23-17(20)15-5-4-8-24-15/h4-9,11H,10H2,1-3H3,(H,18,19)/t11-/m1/s1. The number of amides is 1. The highest BCUT2D eigenvalue weighted by molar-refractivity contribution is 7.11. The minimum absolute atomic E-state index is 0.331. The average Bonchev–Trinajstić information content (AvgIpc) is 3.13. The summed E-state index contributed by atoms with van der Waals surface area (Å²) < 4.78 is 15.5. The summed E-state index contributed by atoms with van der Waals surface area (Å²) in [5.41, 5.74) is 0.773. The van der Waals surface area contributed by atoms with Crippen LogP contribution in [-0.4, -0.2) is 32.7 Å².